The van der Waals surface area contributed by atoms with Gasteiger partial charge in [0.15, 0.2) is 0 Å². The Morgan fingerprint density at radius 2 is 1.67 bits per heavy atom. The summed E-state index contributed by atoms with van der Waals surface area (Å²) in [5, 5.41) is 12.1. The molecule has 2 aliphatic rings. The van der Waals surface area contributed by atoms with Gasteiger partial charge in [0.05, 0.1) is 5.92 Å². The van der Waals surface area contributed by atoms with Gasteiger partial charge in [0, 0.05) is 12.5 Å². The Morgan fingerprint density at radius 3 is 2.38 bits per heavy atom. The van der Waals surface area contributed by atoms with E-state index < -0.39 is 5.97 Å². The first-order valence-corrected chi connectivity index (χ1v) is 8.67. The molecule has 0 spiro atoms. The van der Waals surface area contributed by atoms with Crippen LogP contribution in [-0.2, 0) is 9.59 Å². The highest BCUT2D eigenvalue weighted by atomic mass is 16.4. The van der Waals surface area contributed by atoms with E-state index >= 15 is 0 Å². The number of hydrogen-bond donors (Lipinski definition) is 2. The number of amides is 1. The summed E-state index contributed by atoms with van der Waals surface area (Å²) in [7, 11) is 0. The summed E-state index contributed by atoms with van der Waals surface area (Å²) < 4.78 is 0. The fourth-order valence-electron chi connectivity index (χ4n) is 3.87. The Morgan fingerprint density at radius 1 is 0.952 bits per heavy atom. The van der Waals surface area contributed by atoms with Gasteiger partial charge in [0.1, 0.15) is 0 Å². The van der Waals surface area contributed by atoms with Crippen LogP contribution in [0.25, 0.3) is 0 Å². The minimum absolute atomic E-state index is 0.0711. The topological polar surface area (TPSA) is 66.4 Å². The number of unbranched alkanes of at least 4 members (excludes halogenated alkanes) is 1. The second-order valence-corrected chi connectivity index (χ2v) is 6.84. The Kier molecular flexibility index (Phi) is 6.52. The molecule has 21 heavy (non-hydrogen) atoms. The predicted octanol–water partition coefficient (Wildman–Crippen LogP) is 3.35. The van der Waals surface area contributed by atoms with Crippen molar-refractivity contribution in [3.05, 3.63) is 0 Å². The minimum Gasteiger partial charge on any atom is -0.481 e. The summed E-state index contributed by atoms with van der Waals surface area (Å²) in [6.45, 7) is 0.750. The lowest BCUT2D eigenvalue weighted by Crippen LogP contribution is -2.35. The number of rotatable bonds is 7. The van der Waals surface area contributed by atoms with Gasteiger partial charge in [-0.2, -0.15) is 0 Å². The van der Waals surface area contributed by atoms with Crippen LogP contribution in [0.4, 0.5) is 0 Å². The van der Waals surface area contributed by atoms with E-state index in [-0.39, 0.29) is 17.7 Å². The van der Waals surface area contributed by atoms with E-state index in [2.05, 4.69) is 5.32 Å². The van der Waals surface area contributed by atoms with Gasteiger partial charge < -0.3 is 10.4 Å². The van der Waals surface area contributed by atoms with Gasteiger partial charge in [-0.25, -0.2) is 0 Å². The third kappa shape index (κ3) is 5.33. The molecule has 2 saturated carbocycles. The number of carbonyl (C=O) groups is 2. The Balaban J connectivity index is 1.57. The normalized spacial score (nSPS) is 26.7. The fourth-order valence-corrected chi connectivity index (χ4v) is 3.87. The number of aliphatic carboxylic acids is 1. The highest BCUT2D eigenvalue weighted by Gasteiger charge is 2.30. The average Bonchev–Trinajstić information content (AvgIpc) is 3.00. The van der Waals surface area contributed by atoms with Crippen molar-refractivity contribution in [1.29, 1.82) is 0 Å². The van der Waals surface area contributed by atoms with Gasteiger partial charge in [-0.1, -0.05) is 44.9 Å². The number of carboxylic acid groups (broad SMARTS) is 1. The van der Waals surface area contributed by atoms with Crippen molar-refractivity contribution in [3.8, 4) is 0 Å². The molecular weight excluding hydrogens is 266 g/mol. The molecule has 2 fully saturated rings. The smallest absolute Gasteiger partial charge is 0.306 e. The minimum atomic E-state index is -0.746. The molecule has 1 amide bonds. The zero-order chi connectivity index (χ0) is 15.1. The summed E-state index contributed by atoms with van der Waals surface area (Å²) in [4.78, 5) is 23.1. The lowest BCUT2D eigenvalue weighted by molar-refractivity contribution is -0.144. The molecule has 0 heterocycles. The summed E-state index contributed by atoms with van der Waals surface area (Å²) in [5.41, 5.74) is 0. The molecule has 2 aliphatic carbocycles. The van der Waals surface area contributed by atoms with Crippen LogP contribution in [0.3, 0.4) is 0 Å². The maximum atomic E-state index is 12.1. The highest BCUT2D eigenvalue weighted by molar-refractivity contribution is 5.80. The lowest BCUT2D eigenvalue weighted by Gasteiger charge is -2.25. The van der Waals surface area contributed by atoms with E-state index in [0.29, 0.717) is 6.42 Å². The van der Waals surface area contributed by atoms with Crippen LogP contribution in [0, 0.1) is 17.8 Å². The molecule has 2 rings (SSSR count). The van der Waals surface area contributed by atoms with Crippen LogP contribution >= 0.6 is 0 Å². The Bertz CT molecular complexity index is 350. The van der Waals surface area contributed by atoms with Gasteiger partial charge in [-0.15, -0.1) is 0 Å². The van der Waals surface area contributed by atoms with Crippen molar-refractivity contribution >= 4 is 11.9 Å². The Labute approximate surface area is 127 Å². The molecule has 4 nitrogen and oxygen atoms in total. The van der Waals surface area contributed by atoms with E-state index in [1.54, 1.807) is 0 Å². The summed E-state index contributed by atoms with van der Waals surface area (Å²) in [5.74, 6) is -0.159. The summed E-state index contributed by atoms with van der Waals surface area (Å²) >= 11 is 0. The molecule has 120 valence electrons. The lowest BCUT2D eigenvalue weighted by atomic mass is 9.81. The molecule has 4 heteroatoms. The molecule has 2 atom stereocenters. The second kappa shape index (κ2) is 8.40. The van der Waals surface area contributed by atoms with E-state index in [4.69, 9.17) is 5.11 Å². The molecule has 0 saturated heterocycles. The van der Waals surface area contributed by atoms with Crippen molar-refractivity contribution in [1.82, 2.24) is 5.32 Å². The van der Waals surface area contributed by atoms with Crippen LogP contribution < -0.4 is 5.32 Å². The zero-order valence-electron chi connectivity index (χ0n) is 13.0. The first kappa shape index (κ1) is 16.3. The van der Waals surface area contributed by atoms with E-state index in [9.17, 15) is 9.59 Å². The predicted molar refractivity (Wildman–Crippen MR) is 81.9 cm³/mol. The third-order valence-corrected chi connectivity index (χ3v) is 5.21. The Hall–Kier alpha value is -1.06. The maximum absolute atomic E-state index is 12.1. The molecule has 0 radical (unpaired) electrons. The van der Waals surface area contributed by atoms with Gasteiger partial charge in [0.25, 0.3) is 0 Å². The van der Waals surface area contributed by atoms with Gasteiger partial charge in [0.2, 0.25) is 5.91 Å². The number of hydrogen-bond acceptors (Lipinski definition) is 2. The van der Waals surface area contributed by atoms with E-state index in [1.165, 1.54) is 38.5 Å². The van der Waals surface area contributed by atoms with E-state index in [0.717, 1.165) is 38.1 Å². The van der Waals surface area contributed by atoms with Crippen molar-refractivity contribution in [2.24, 2.45) is 17.8 Å². The first-order valence-electron chi connectivity index (χ1n) is 8.67. The number of carboxylic acids is 1. The molecule has 2 N–H and O–H groups in total. The molecule has 0 aromatic rings. The molecule has 2 unspecified atom stereocenters. The van der Waals surface area contributed by atoms with Crippen molar-refractivity contribution in [2.45, 2.75) is 70.6 Å². The van der Waals surface area contributed by atoms with Gasteiger partial charge in [-0.3, -0.25) is 9.59 Å². The molecular formula is C17H29NO3. The van der Waals surface area contributed by atoms with Crippen LogP contribution in [0.5, 0.6) is 0 Å². The van der Waals surface area contributed by atoms with Crippen molar-refractivity contribution in [3.63, 3.8) is 0 Å². The van der Waals surface area contributed by atoms with Crippen LogP contribution in [0.15, 0.2) is 0 Å². The molecule has 0 bridgehead atoms. The highest BCUT2D eigenvalue weighted by Crippen LogP contribution is 2.30. The van der Waals surface area contributed by atoms with E-state index in [1.807, 2.05) is 0 Å². The first-order chi connectivity index (χ1) is 10.2. The molecule has 0 aromatic carbocycles. The summed E-state index contributed by atoms with van der Waals surface area (Å²) in [6.07, 6.45) is 12.1. The SMILES string of the molecule is O=C(O)C1CCCC(C(=O)NCCCCC2CCCC2)C1. The standard InChI is InChI=1S/C17H29NO3/c19-16(14-9-5-10-15(12-14)17(20)21)18-11-4-3-8-13-6-1-2-7-13/h13-15H,1-12H2,(H,18,19)(H,20,21). The fraction of sp³-hybridized carbons (Fsp3) is 0.882. The third-order valence-electron chi connectivity index (χ3n) is 5.21. The second-order valence-electron chi connectivity index (χ2n) is 6.84. The molecule has 0 aliphatic heterocycles. The van der Waals surface area contributed by atoms with Crippen molar-refractivity contribution in [2.75, 3.05) is 6.54 Å². The monoisotopic (exact) mass is 295 g/mol. The number of carbonyl (C=O) groups excluding carboxylic acids is 1. The van der Waals surface area contributed by atoms with Crippen LogP contribution in [0.2, 0.25) is 0 Å². The maximum Gasteiger partial charge on any atom is 0.306 e. The van der Waals surface area contributed by atoms with Gasteiger partial charge >= 0.3 is 5.97 Å². The largest absolute Gasteiger partial charge is 0.481 e. The van der Waals surface area contributed by atoms with Crippen molar-refractivity contribution < 1.29 is 14.7 Å². The number of nitrogens with one attached hydrogen (secondary N) is 1. The zero-order valence-corrected chi connectivity index (χ0v) is 13.0. The van der Waals surface area contributed by atoms with Crippen LogP contribution in [0.1, 0.15) is 70.6 Å². The van der Waals surface area contributed by atoms with Crippen LogP contribution in [-0.4, -0.2) is 23.5 Å². The quantitative estimate of drug-likeness (QED) is 0.708. The average molecular weight is 295 g/mol. The summed E-state index contributed by atoms with van der Waals surface area (Å²) in [6, 6.07) is 0. The molecule has 0 aromatic heterocycles. The van der Waals surface area contributed by atoms with Gasteiger partial charge in [-0.05, 0) is 31.6 Å².